The summed E-state index contributed by atoms with van der Waals surface area (Å²) < 4.78 is 30.6. The van der Waals surface area contributed by atoms with E-state index >= 15 is 0 Å². The number of hydrogen-bond acceptors (Lipinski definition) is 7. The van der Waals surface area contributed by atoms with Gasteiger partial charge < -0.3 is 9.50 Å². The Balaban J connectivity index is 1.52. The van der Waals surface area contributed by atoms with Crippen molar-refractivity contribution >= 4 is 32.3 Å². The number of nitrogens with one attached hydrogen (secondary N) is 1. The van der Waals surface area contributed by atoms with Crippen LogP contribution in [0.3, 0.4) is 0 Å². The van der Waals surface area contributed by atoms with E-state index in [9.17, 15) is 8.42 Å². The van der Waals surface area contributed by atoms with Crippen molar-refractivity contribution < 1.29 is 12.6 Å². The fraction of sp³-hybridized carbons (Fsp3) is 0.0909. The molecule has 2 aromatic carbocycles. The summed E-state index contributed by atoms with van der Waals surface area (Å²) in [5.74, 6) is 0.222. The Labute approximate surface area is 179 Å². The van der Waals surface area contributed by atoms with Gasteiger partial charge in [0.2, 0.25) is 0 Å². The van der Waals surface area contributed by atoms with E-state index in [0.29, 0.717) is 10.8 Å². The zero-order valence-corrected chi connectivity index (χ0v) is 18.0. The van der Waals surface area contributed by atoms with Crippen LogP contribution in [0.5, 0.6) is 5.75 Å². The molecular weight excluding hydrogens is 418 g/mol. The van der Waals surface area contributed by atoms with Gasteiger partial charge in [-0.1, -0.05) is 18.2 Å². The molecule has 0 aliphatic heterocycles. The minimum absolute atomic E-state index is 0.129. The topological polar surface area (TPSA) is 81.2 Å². The number of rotatable bonds is 6. The summed E-state index contributed by atoms with van der Waals surface area (Å²) in [5, 5.41) is 5.76. The fourth-order valence-electron chi connectivity index (χ4n) is 2.76. The lowest BCUT2D eigenvalue weighted by molar-refractivity contribution is 0.486. The van der Waals surface area contributed by atoms with Gasteiger partial charge in [-0.2, -0.15) is 8.42 Å². The first-order valence-corrected chi connectivity index (χ1v) is 11.5. The predicted molar refractivity (Wildman–Crippen MR) is 119 cm³/mol. The Morgan fingerprint density at radius 3 is 2.57 bits per heavy atom. The molecule has 0 aliphatic rings. The van der Waals surface area contributed by atoms with Crippen LogP contribution < -0.4 is 9.50 Å². The van der Waals surface area contributed by atoms with E-state index in [4.69, 9.17) is 4.18 Å². The minimum atomic E-state index is -3.92. The molecule has 1 N–H and O–H groups in total. The zero-order valence-electron chi connectivity index (χ0n) is 16.4. The first-order chi connectivity index (χ1) is 14.4. The number of pyridine rings is 1. The third-order valence-electron chi connectivity index (χ3n) is 4.49. The number of aromatic nitrogens is 2. The summed E-state index contributed by atoms with van der Waals surface area (Å²) in [4.78, 5) is 8.95. The van der Waals surface area contributed by atoms with Gasteiger partial charge in [0.25, 0.3) is 0 Å². The second-order valence-corrected chi connectivity index (χ2v) is 9.09. The van der Waals surface area contributed by atoms with Crippen LogP contribution in [0.4, 0.5) is 10.8 Å². The third-order valence-corrected chi connectivity index (χ3v) is 6.49. The Morgan fingerprint density at radius 2 is 1.80 bits per heavy atom. The van der Waals surface area contributed by atoms with Crippen molar-refractivity contribution in [3.05, 3.63) is 83.4 Å². The number of benzene rings is 2. The van der Waals surface area contributed by atoms with Crippen molar-refractivity contribution in [2.24, 2.45) is 0 Å². The van der Waals surface area contributed by atoms with Crippen molar-refractivity contribution in [3.63, 3.8) is 0 Å². The summed E-state index contributed by atoms with van der Waals surface area (Å²) in [6.07, 6.45) is 1.72. The standard InChI is InChI=1S/C22H19N3O3S2/c1-15-9-10-19(12-16(15)2)30(26,27)28-18-7-5-6-17(13-18)24-22-25-21(14-29-22)20-8-3-4-11-23-20/h3-14H,1-2H3,(H,24,25). The zero-order chi connectivity index (χ0) is 21.1. The number of thiazole rings is 1. The maximum atomic E-state index is 12.6. The molecule has 2 aromatic heterocycles. The Morgan fingerprint density at radius 1 is 0.933 bits per heavy atom. The molecule has 0 fully saturated rings. The van der Waals surface area contributed by atoms with Crippen molar-refractivity contribution in [1.82, 2.24) is 9.97 Å². The molecule has 6 nitrogen and oxygen atoms in total. The van der Waals surface area contributed by atoms with Crippen molar-refractivity contribution in [1.29, 1.82) is 0 Å². The first-order valence-electron chi connectivity index (χ1n) is 9.16. The largest absolute Gasteiger partial charge is 0.379 e. The van der Waals surface area contributed by atoms with E-state index in [1.807, 2.05) is 43.5 Å². The van der Waals surface area contributed by atoms with Gasteiger partial charge in [-0.25, -0.2) is 4.98 Å². The summed E-state index contributed by atoms with van der Waals surface area (Å²) in [5.41, 5.74) is 4.15. The maximum Gasteiger partial charge on any atom is 0.339 e. The van der Waals surface area contributed by atoms with E-state index in [1.54, 1.807) is 42.6 Å². The van der Waals surface area contributed by atoms with Gasteiger partial charge in [0, 0.05) is 23.3 Å². The highest BCUT2D eigenvalue weighted by Crippen LogP contribution is 2.28. The van der Waals surface area contributed by atoms with E-state index in [1.165, 1.54) is 11.3 Å². The molecule has 0 saturated heterocycles. The molecule has 0 aliphatic carbocycles. The van der Waals surface area contributed by atoms with Gasteiger partial charge in [0.1, 0.15) is 16.3 Å². The molecule has 0 radical (unpaired) electrons. The lowest BCUT2D eigenvalue weighted by Crippen LogP contribution is -2.10. The van der Waals surface area contributed by atoms with Gasteiger partial charge in [-0.05, 0) is 61.4 Å². The van der Waals surface area contributed by atoms with Crippen LogP contribution in [-0.4, -0.2) is 18.4 Å². The molecule has 152 valence electrons. The summed E-state index contributed by atoms with van der Waals surface area (Å²) in [6.45, 7) is 3.80. The molecule has 0 amide bonds. The summed E-state index contributed by atoms with van der Waals surface area (Å²) >= 11 is 1.44. The van der Waals surface area contributed by atoms with Gasteiger partial charge in [0.15, 0.2) is 5.13 Å². The van der Waals surface area contributed by atoms with Gasteiger partial charge in [-0.15, -0.1) is 11.3 Å². The molecular formula is C22H19N3O3S2. The van der Waals surface area contributed by atoms with Crippen LogP contribution >= 0.6 is 11.3 Å². The van der Waals surface area contributed by atoms with E-state index in [-0.39, 0.29) is 10.6 Å². The number of hydrogen-bond donors (Lipinski definition) is 1. The van der Waals surface area contributed by atoms with E-state index in [0.717, 1.165) is 22.5 Å². The number of anilines is 2. The molecule has 4 rings (SSSR count). The molecule has 2 heterocycles. The van der Waals surface area contributed by atoms with Crippen molar-refractivity contribution in [2.45, 2.75) is 18.7 Å². The highest BCUT2D eigenvalue weighted by atomic mass is 32.2. The average molecular weight is 438 g/mol. The smallest absolute Gasteiger partial charge is 0.339 e. The molecule has 30 heavy (non-hydrogen) atoms. The van der Waals surface area contributed by atoms with Crippen LogP contribution in [-0.2, 0) is 10.1 Å². The highest BCUT2D eigenvalue weighted by molar-refractivity contribution is 7.87. The molecule has 0 spiro atoms. The Kier molecular flexibility index (Phi) is 5.52. The van der Waals surface area contributed by atoms with Crippen LogP contribution in [0.25, 0.3) is 11.4 Å². The second kappa shape index (κ2) is 8.25. The van der Waals surface area contributed by atoms with E-state index in [2.05, 4.69) is 15.3 Å². The Hall–Kier alpha value is -3.23. The molecule has 0 bridgehead atoms. The fourth-order valence-corrected chi connectivity index (χ4v) is 4.49. The number of nitrogens with zero attached hydrogens (tertiary/aromatic N) is 2. The van der Waals surface area contributed by atoms with Crippen molar-refractivity contribution in [2.75, 3.05) is 5.32 Å². The first kappa shape index (κ1) is 20.1. The van der Waals surface area contributed by atoms with Gasteiger partial charge in [-0.3, -0.25) is 4.98 Å². The monoisotopic (exact) mass is 437 g/mol. The quantitative estimate of drug-likeness (QED) is 0.411. The molecule has 0 unspecified atom stereocenters. The van der Waals surface area contributed by atoms with Crippen LogP contribution in [0.1, 0.15) is 11.1 Å². The van der Waals surface area contributed by atoms with Crippen molar-refractivity contribution in [3.8, 4) is 17.1 Å². The second-order valence-electron chi connectivity index (χ2n) is 6.69. The molecule has 0 atom stereocenters. The maximum absolute atomic E-state index is 12.6. The van der Waals surface area contributed by atoms with Crippen LogP contribution in [0.2, 0.25) is 0 Å². The normalized spacial score (nSPS) is 11.3. The molecule has 8 heteroatoms. The highest BCUT2D eigenvalue weighted by Gasteiger charge is 2.17. The number of aryl methyl sites for hydroxylation is 2. The third kappa shape index (κ3) is 4.50. The predicted octanol–water partition coefficient (Wildman–Crippen LogP) is 5.33. The minimum Gasteiger partial charge on any atom is -0.379 e. The van der Waals surface area contributed by atoms with Gasteiger partial charge in [0.05, 0.1) is 5.69 Å². The molecule has 4 aromatic rings. The van der Waals surface area contributed by atoms with Gasteiger partial charge >= 0.3 is 10.1 Å². The van der Waals surface area contributed by atoms with Crippen LogP contribution in [0, 0.1) is 13.8 Å². The lowest BCUT2D eigenvalue weighted by Gasteiger charge is -2.10. The Bertz CT molecular complexity index is 1290. The average Bonchev–Trinajstić information content (AvgIpc) is 3.19. The lowest BCUT2D eigenvalue weighted by atomic mass is 10.1. The van der Waals surface area contributed by atoms with E-state index < -0.39 is 10.1 Å². The molecule has 0 saturated carbocycles. The van der Waals surface area contributed by atoms with Crippen LogP contribution in [0.15, 0.2) is 77.1 Å². The summed E-state index contributed by atoms with van der Waals surface area (Å²) in [6, 6.07) is 17.4. The summed E-state index contributed by atoms with van der Waals surface area (Å²) in [7, 11) is -3.92. The SMILES string of the molecule is Cc1ccc(S(=O)(=O)Oc2cccc(Nc3nc(-c4ccccn4)cs3)c2)cc1C.